The van der Waals surface area contributed by atoms with Gasteiger partial charge in [0.15, 0.2) is 0 Å². The van der Waals surface area contributed by atoms with Crippen LogP contribution in [0.25, 0.3) is 0 Å². The van der Waals surface area contributed by atoms with Gasteiger partial charge in [0.2, 0.25) is 0 Å². The van der Waals surface area contributed by atoms with E-state index in [-0.39, 0.29) is 0 Å². The van der Waals surface area contributed by atoms with Gasteiger partial charge in [-0.15, -0.1) is 0 Å². The van der Waals surface area contributed by atoms with Gasteiger partial charge in [-0.1, -0.05) is 19.4 Å². The summed E-state index contributed by atoms with van der Waals surface area (Å²) in [5.74, 6) is 0. The molecule has 72 valence electrons. The van der Waals surface area contributed by atoms with E-state index < -0.39 is 0 Å². The van der Waals surface area contributed by atoms with Crippen molar-refractivity contribution in [1.29, 1.82) is 0 Å². The zero-order valence-electron chi connectivity index (χ0n) is 8.67. The first-order valence-corrected chi connectivity index (χ1v) is 4.71. The quantitative estimate of drug-likeness (QED) is 0.719. The summed E-state index contributed by atoms with van der Waals surface area (Å²) in [4.78, 5) is 2.11. The maximum Gasteiger partial charge on any atom is 0.0414 e. The number of nitrogens with zero attached hydrogens (tertiary/aromatic N) is 1. The zero-order valence-corrected chi connectivity index (χ0v) is 8.67. The van der Waals surface area contributed by atoms with E-state index in [1.807, 2.05) is 26.2 Å². The Morgan fingerprint density at radius 1 is 1.31 bits per heavy atom. The Hall–Kier alpha value is -1.18. The first-order chi connectivity index (χ1) is 6.15. The van der Waals surface area contributed by atoms with E-state index in [9.17, 15) is 0 Å². The van der Waals surface area contributed by atoms with Crippen LogP contribution < -0.4 is 10.6 Å². The highest BCUT2D eigenvalue weighted by Gasteiger charge is 2.03. The molecule has 1 rings (SSSR count). The molecule has 0 spiro atoms. The van der Waals surface area contributed by atoms with Crippen molar-refractivity contribution in [3.8, 4) is 0 Å². The number of nitrogen functional groups attached to an aromatic ring is 1. The van der Waals surface area contributed by atoms with Crippen molar-refractivity contribution in [3.05, 3.63) is 23.8 Å². The maximum absolute atomic E-state index is 5.73. The molecule has 0 radical (unpaired) electrons. The lowest BCUT2D eigenvalue weighted by atomic mass is 10.1. The predicted octanol–water partition coefficient (Wildman–Crippen LogP) is 2.29. The summed E-state index contributed by atoms with van der Waals surface area (Å²) in [6.45, 7) is 2.19. The molecule has 0 saturated heterocycles. The Balaban J connectivity index is 3.03. The van der Waals surface area contributed by atoms with Crippen LogP contribution in [0, 0.1) is 0 Å². The molecular formula is C11H18N2. The van der Waals surface area contributed by atoms with E-state index in [1.165, 1.54) is 17.7 Å². The third-order valence-corrected chi connectivity index (χ3v) is 2.11. The molecule has 0 aliphatic carbocycles. The smallest absolute Gasteiger partial charge is 0.0414 e. The molecule has 0 aromatic heterocycles. The van der Waals surface area contributed by atoms with Crippen LogP contribution in [0.15, 0.2) is 18.2 Å². The molecule has 1 aromatic carbocycles. The lowest BCUT2D eigenvalue weighted by Gasteiger charge is -2.17. The van der Waals surface area contributed by atoms with E-state index in [0.29, 0.717) is 0 Å². The number of aryl methyl sites for hydroxylation is 1. The Morgan fingerprint density at radius 2 is 2.00 bits per heavy atom. The fraction of sp³-hybridized carbons (Fsp3) is 0.455. The molecule has 2 nitrogen and oxygen atoms in total. The minimum atomic E-state index is 0.837. The molecule has 0 saturated carbocycles. The topological polar surface area (TPSA) is 29.3 Å². The van der Waals surface area contributed by atoms with E-state index in [1.54, 1.807) is 0 Å². The SMILES string of the molecule is CCCc1ccc(N)cc1N(C)C. The molecule has 13 heavy (non-hydrogen) atoms. The summed E-state index contributed by atoms with van der Waals surface area (Å²) in [6.07, 6.45) is 2.29. The van der Waals surface area contributed by atoms with Crippen molar-refractivity contribution in [2.45, 2.75) is 19.8 Å². The molecule has 0 bridgehead atoms. The van der Waals surface area contributed by atoms with Crippen molar-refractivity contribution in [3.63, 3.8) is 0 Å². The third kappa shape index (κ3) is 2.38. The normalized spacial score (nSPS) is 10.1. The average Bonchev–Trinajstić information content (AvgIpc) is 2.08. The van der Waals surface area contributed by atoms with Crippen molar-refractivity contribution in [1.82, 2.24) is 0 Å². The fourth-order valence-electron chi connectivity index (χ4n) is 1.48. The van der Waals surface area contributed by atoms with Gasteiger partial charge in [0.25, 0.3) is 0 Å². The van der Waals surface area contributed by atoms with Gasteiger partial charge in [-0.05, 0) is 24.1 Å². The summed E-state index contributed by atoms with van der Waals surface area (Å²) in [6, 6.07) is 6.12. The largest absolute Gasteiger partial charge is 0.399 e. The molecule has 0 aliphatic heterocycles. The second-order valence-electron chi connectivity index (χ2n) is 3.53. The molecule has 0 heterocycles. The minimum Gasteiger partial charge on any atom is -0.399 e. The maximum atomic E-state index is 5.73. The van der Waals surface area contributed by atoms with Crippen molar-refractivity contribution in [2.24, 2.45) is 0 Å². The highest BCUT2D eigenvalue weighted by molar-refractivity contribution is 5.60. The lowest BCUT2D eigenvalue weighted by molar-refractivity contribution is 0.913. The Bertz CT molecular complexity index is 279. The molecular weight excluding hydrogens is 160 g/mol. The van der Waals surface area contributed by atoms with Crippen molar-refractivity contribution in [2.75, 3.05) is 24.7 Å². The summed E-state index contributed by atoms with van der Waals surface area (Å²) in [7, 11) is 4.10. The number of anilines is 2. The number of rotatable bonds is 3. The summed E-state index contributed by atoms with van der Waals surface area (Å²) >= 11 is 0. The molecule has 0 fully saturated rings. The van der Waals surface area contributed by atoms with Crippen LogP contribution in [-0.4, -0.2) is 14.1 Å². The summed E-state index contributed by atoms with van der Waals surface area (Å²) < 4.78 is 0. The zero-order chi connectivity index (χ0) is 9.84. The van der Waals surface area contributed by atoms with Crippen LogP contribution in [0.3, 0.4) is 0 Å². The average molecular weight is 178 g/mol. The second-order valence-corrected chi connectivity index (χ2v) is 3.53. The first-order valence-electron chi connectivity index (χ1n) is 4.71. The highest BCUT2D eigenvalue weighted by atomic mass is 15.1. The lowest BCUT2D eigenvalue weighted by Crippen LogP contribution is -2.11. The van der Waals surface area contributed by atoms with E-state index in [0.717, 1.165) is 12.1 Å². The van der Waals surface area contributed by atoms with Crippen molar-refractivity contribution < 1.29 is 0 Å². The van der Waals surface area contributed by atoms with Gasteiger partial charge < -0.3 is 10.6 Å². The molecule has 0 atom stereocenters. The Labute approximate surface area is 80.4 Å². The molecule has 0 aliphatic rings. The first kappa shape index (κ1) is 9.90. The van der Waals surface area contributed by atoms with E-state index in [4.69, 9.17) is 5.73 Å². The molecule has 2 N–H and O–H groups in total. The Kier molecular flexibility index (Phi) is 3.18. The fourth-order valence-corrected chi connectivity index (χ4v) is 1.48. The van der Waals surface area contributed by atoms with Crippen LogP contribution in [0.2, 0.25) is 0 Å². The molecule has 0 unspecified atom stereocenters. The van der Waals surface area contributed by atoms with Crippen LogP contribution in [0.4, 0.5) is 11.4 Å². The van der Waals surface area contributed by atoms with E-state index >= 15 is 0 Å². The van der Waals surface area contributed by atoms with Crippen LogP contribution >= 0.6 is 0 Å². The van der Waals surface area contributed by atoms with Gasteiger partial charge in [0, 0.05) is 25.5 Å². The monoisotopic (exact) mass is 178 g/mol. The molecule has 0 amide bonds. The van der Waals surface area contributed by atoms with Gasteiger partial charge in [0.1, 0.15) is 0 Å². The van der Waals surface area contributed by atoms with Crippen LogP contribution in [0.1, 0.15) is 18.9 Å². The summed E-state index contributed by atoms with van der Waals surface area (Å²) in [5.41, 5.74) is 9.19. The third-order valence-electron chi connectivity index (χ3n) is 2.11. The number of hydrogen-bond donors (Lipinski definition) is 1. The highest BCUT2D eigenvalue weighted by Crippen LogP contribution is 2.22. The number of benzene rings is 1. The van der Waals surface area contributed by atoms with Crippen molar-refractivity contribution >= 4 is 11.4 Å². The van der Waals surface area contributed by atoms with Gasteiger partial charge in [-0.3, -0.25) is 0 Å². The van der Waals surface area contributed by atoms with Gasteiger partial charge in [-0.2, -0.15) is 0 Å². The van der Waals surface area contributed by atoms with Gasteiger partial charge in [-0.25, -0.2) is 0 Å². The molecule has 2 heteroatoms. The van der Waals surface area contributed by atoms with Crippen LogP contribution in [0.5, 0.6) is 0 Å². The predicted molar refractivity (Wildman–Crippen MR) is 59.2 cm³/mol. The standard InChI is InChI=1S/C11H18N2/c1-4-5-9-6-7-10(12)8-11(9)13(2)3/h6-8H,4-5,12H2,1-3H3. The number of nitrogens with two attached hydrogens (primary N) is 1. The Morgan fingerprint density at radius 3 is 2.54 bits per heavy atom. The van der Waals surface area contributed by atoms with Gasteiger partial charge >= 0.3 is 0 Å². The minimum absolute atomic E-state index is 0.837. The van der Waals surface area contributed by atoms with Crippen LogP contribution in [-0.2, 0) is 6.42 Å². The summed E-state index contributed by atoms with van der Waals surface area (Å²) in [5, 5.41) is 0. The number of hydrogen-bond acceptors (Lipinski definition) is 2. The van der Waals surface area contributed by atoms with Gasteiger partial charge in [0.05, 0.1) is 0 Å². The molecule has 1 aromatic rings. The second kappa shape index (κ2) is 4.17. The van der Waals surface area contributed by atoms with E-state index in [2.05, 4.69) is 17.9 Å².